The van der Waals surface area contributed by atoms with Crippen molar-refractivity contribution >= 4 is 23.8 Å². The highest BCUT2D eigenvalue weighted by Crippen LogP contribution is 2.29. The Kier molecular flexibility index (Phi) is 7.43. The van der Waals surface area contributed by atoms with Crippen LogP contribution in [0.15, 0.2) is 71.8 Å². The Balaban J connectivity index is 1.69. The number of benzene rings is 3. The van der Waals surface area contributed by atoms with Gasteiger partial charge in [-0.2, -0.15) is 5.10 Å². The average Bonchev–Trinajstić information content (AvgIpc) is 2.81. The molecule has 0 heterocycles. The van der Waals surface area contributed by atoms with Crippen molar-refractivity contribution in [3.8, 4) is 11.5 Å². The summed E-state index contributed by atoms with van der Waals surface area (Å²) in [6.45, 7) is 2.05. The van der Waals surface area contributed by atoms with Crippen LogP contribution in [0.5, 0.6) is 11.5 Å². The SMILES string of the molecule is CCOc1cc(/C=N/NC(=O)c2ccc(F)cc2)ccc1OC(=O)c1ccc([N+](=O)[O-])cc1. The summed E-state index contributed by atoms with van der Waals surface area (Å²) >= 11 is 0. The van der Waals surface area contributed by atoms with Crippen LogP contribution in [0.3, 0.4) is 0 Å². The molecular weight excluding hydrogens is 433 g/mol. The summed E-state index contributed by atoms with van der Waals surface area (Å²) in [4.78, 5) is 34.6. The molecule has 0 aliphatic heterocycles. The van der Waals surface area contributed by atoms with E-state index in [1.165, 1.54) is 60.8 Å². The Morgan fingerprint density at radius 3 is 2.33 bits per heavy atom. The van der Waals surface area contributed by atoms with Crippen molar-refractivity contribution in [3.05, 3.63) is 99.4 Å². The lowest BCUT2D eigenvalue weighted by molar-refractivity contribution is -0.384. The fraction of sp³-hybridized carbons (Fsp3) is 0.0870. The van der Waals surface area contributed by atoms with Gasteiger partial charge in [0, 0.05) is 17.7 Å². The number of nitrogens with one attached hydrogen (secondary N) is 1. The maximum Gasteiger partial charge on any atom is 0.343 e. The first kappa shape index (κ1) is 23.1. The number of hydrogen-bond donors (Lipinski definition) is 1. The maximum atomic E-state index is 12.9. The number of carbonyl (C=O) groups is 2. The normalized spacial score (nSPS) is 10.6. The van der Waals surface area contributed by atoms with Crippen LogP contribution in [-0.4, -0.2) is 29.6 Å². The van der Waals surface area contributed by atoms with Crippen molar-refractivity contribution in [2.24, 2.45) is 5.10 Å². The molecular formula is C23H18FN3O6. The van der Waals surface area contributed by atoms with E-state index in [2.05, 4.69) is 10.5 Å². The van der Waals surface area contributed by atoms with Crippen LogP contribution in [0.4, 0.5) is 10.1 Å². The third-order valence-electron chi connectivity index (χ3n) is 4.27. The quantitative estimate of drug-likeness (QED) is 0.181. The van der Waals surface area contributed by atoms with Crippen molar-refractivity contribution < 1.29 is 28.4 Å². The summed E-state index contributed by atoms with van der Waals surface area (Å²) in [7, 11) is 0. The number of hydrazone groups is 1. The van der Waals surface area contributed by atoms with Crippen LogP contribution in [0, 0.1) is 15.9 Å². The fourth-order valence-corrected chi connectivity index (χ4v) is 2.67. The zero-order chi connectivity index (χ0) is 23.8. The summed E-state index contributed by atoms with van der Waals surface area (Å²) in [5, 5.41) is 14.6. The zero-order valence-electron chi connectivity index (χ0n) is 17.4. The van der Waals surface area contributed by atoms with E-state index >= 15 is 0 Å². The van der Waals surface area contributed by atoms with Gasteiger partial charge in [-0.25, -0.2) is 14.6 Å². The second-order valence-corrected chi connectivity index (χ2v) is 6.54. The lowest BCUT2D eigenvalue weighted by atomic mass is 10.2. The first-order chi connectivity index (χ1) is 15.9. The van der Waals surface area contributed by atoms with Crippen LogP contribution in [0.25, 0.3) is 0 Å². The summed E-state index contributed by atoms with van der Waals surface area (Å²) in [5.74, 6) is -1.26. The van der Waals surface area contributed by atoms with E-state index in [0.29, 0.717) is 12.2 Å². The Bertz CT molecular complexity index is 1190. The zero-order valence-corrected chi connectivity index (χ0v) is 17.4. The number of nitrogens with zero attached hydrogens (tertiary/aromatic N) is 2. The van der Waals surface area contributed by atoms with E-state index in [-0.39, 0.29) is 28.3 Å². The lowest BCUT2D eigenvalue weighted by Crippen LogP contribution is -2.17. The van der Waals surface area contributed by atoms with Crippen LogP contribution in [0.2, 0.25) is 0 Å². The molecule has 0 saturated carbocycles. The van der Waals surface area contributed by atoms with Crippen LogP contribution < -0.4 is 14.9 Å². The number of ether oxygens (including phenoxy) is 2. The third kappa shape index (κ3) is 6.20. The Morgan fingerprint density at radius 1 is 1.03 bits per heavy atom. The molecule has 3 rings (SSSR count). The second kappa shape index (κ2) is 10.6. The van der Waals surface area contributed by atoms with Gasteiger partial charge in [-0.3, -0.25) is 14.9 Å². The molecule has 0 saturated heterocycles. The second-order valence-electron chi connectivity index (χ2n) is 6.54. The molecule has 168 valence electrons. The summed E-state index contributed by atoms with van der Waals surface area (Å²) in [5.41, 5.74) is 3.12. The van der Waals surface area contributed by atoms with Gasteiger partial charge < -0.3 is 9.47 Å². The van der Waals surface area contributed by atoms with Gasteiger partial charge in [0.1, 0.15) is 5.82 Å². The Morgan fingerprint density at radius 2 is 1.70 bits per heavy atom. The van der Waals surface area contributed by atoms with E-state index < -0.39 is 22.6 Å². The van der Waals surface area contributed by atoms with Crippen molar-refractivity contribution in [2.45, 2.75) is 6.92 Å². The van der Waals surface area contributed by atoms with Gasteiger partial charge in [-0.15, -0.1) is 0 Å². The molecule has 3 aromatic carbocycles. The van der Waals surface area contributed by atoms with E-state index in [9.17, 15) is 24.1 Å². The van der Waals surface area contributed by atoms with Gasteiger partial charge in [-0.05, 0) is 67.1 Å². The number of esters is 1. The number of amides is 1. The van der Waals surface area contributed by atoms with E-state index in [1.807, 2.05) is 0 Å². The van der Waals surface area contributed by atoms with Gasteiger partial charge in [-0.1, -0.05) is 0 Å². The average molecular weight is 451 g/mol. The number of non-ortho nitro benzene ring substituents is 1. The minimum Gasteiger partial charge on any atom is -0.490 e. The molecule has 10 heteroatoms. The Labute approximate surface area is 187 Å². The topological polar surface area (TPSA) is 120 Å². The molecule has 33 heavy (non-hydrogen) atoms. The third-order valence-corrected chi connectivity index (χ3v) is 4.27. The number of nitro benzene ring substituents is 1. The molecule has 0 spiro atoms. The number of rotatable bonds is 8. The van der Waals surface area contributed by atoms with Crippen LogP contribution >= 0.6 is 0 Å². The van der Waals surface area contributed by atoms with Crippen LogP contribution in [0.1, 0.15) is 33.2 Å². The molecule has 0 bridgehead atoms. The van der Waals surface area contributed by atoms with Crippen molar-refractivity contribution in [1.82, 2.24) is 5.43 Å². The standard InChI is InChI=1S/C23H18FN3O6/c1-2-32-21-13-15(14-25-26-22(28)16-4-8-18(24)9-5-16)3-12-20(21)33-23(29)17-6-10-19(11-7-17)27(30)31/h3-14H,2H2,1H3,(H,26,28)/b25-14+. The van der Waals surface area contributed by atoms with Gasteiger partial charge in [0.15, 0.2) is 11.5 Å². The summed E-state index contributed by atoms with van der Waals surface area (Å²) < 4.78 is 23.8. The molecule has 0 atom stereocenters. The van der Waals surface area contributed by atoms with Gasteiger partial charge in [0.05, 0.1) is 23.3 Å². The minimum atomic E-state index is -0.709. The van der Waals surface area contributed by atoms with E-state index in [1.54, 1.807) is 19.1 Å². The number of hydrogen-bond acceptors (Lipinski definition) is 7. The molecule has 0 aromatic heterocycles. The van der Waals surface area contributed by atoms with Gasteiger partial charge >= 0.3 is 5.97 Å². The molecule has 1 N–H and O–H groups in total. The highest BCUT2D eigenvalue weighted by molar-refractivity contribution is 5.95. The smallest absolute Gasteiger partial charge is 0.343 e. The highest BCUT2D eigenvalue weighted by atomic mass is 19.1. The number of halogens is 1. The molecule has 0 radical (unpaired) electrons. The van der Waals surface area contributed by atoms with Crippen molar-refractivity contribution in [2.75, 3.05) is 6.61 Å². The fourth-order valence-electron chi connectivity index (χ4n) is 2.67. The number of carbonyl (C=O) groups excluding carboxylic acids is 2. The molecule has 0 aliphatic carbocycles. The summed E-state index contributed by atoms with van der Waals surface area (Å²) in [6.07, 6.45) is 1.37. The predicted octanol–water partition coefficient (Wildman–Crippen LogP) is 4.12. The molecule has 0 aliphatic rings. The first-order valence-corrected chi connectivity index (χ1v) is 9.70. The first-order valence-electron chi connectivity index (χ1n) is 9.70. The van der Waals surface area contributed by atoms with Gasteiger partial charge in [0.25, 0.3) is 11.6 Å². The van der Waals surface area contributed by atoms with Gasteiger partial charge in [0.2, 0.25) is 0 Å². The maximum absolute atomic E-state index is 12.9. The molecule has 1 amide bonds. The van der Waals surface area contributed by atoms with Crippen LogP contribution in [-0.2, 0) is 0 Å². The van der Waals surface area contributed by atoms with E-state index in [0.717, 1.165) is 0 Å². The highest BCUT2D eigenvalue weighted by Gasteiger charge is 2.15. The van der Waals surface area contributed by atoms with Crippen molar-refractivity contribution in [1.29, 1.82) is 0 Å². The number of nitro groups is 1. The molecule has 0 fully saturated rings. The predicted molar refractivity (Wildman–Crippen MR) is 117 cm³/mol. The summed E-state index contributed by atoms with van der Waals surface area (Å²) in [6, 6.07) is 14.7. The minimum absolute atomic E-state index is 0.136. The molecule has 3 aromatic rings. The Hall–Kier alpha value is -4.60. The largest absolute Gasteiger partial charge is 0.490 e. The molecule has 9 nitrogen and oxygen atoms in total. The van der Waals surface area contributed by atoms with Crippen molar-refractivity contribution in [3.63, 3.8) is 0 Å². The lowest BCUT2D eigenvalue weighted by Gasteiger charge is -2.11. The molecule has 0 unspecified atom stereocenters. The van der Waals surface area contributed by atoms with E-state index in [4.69, 9.17) is 9.47 Å². The monoisotopic (exact) mass is 451 g/mol.